The fourth-order valence-corrected chi connectivity index (χ4v) is 5.93. The molecule has 11 nitrogen and oxygen atoms in total. The van der Waals surface area contributed by atoms with Gasteiger partial charge >= 0.3 is 0 Å². The van der Waals surface area contributed by atoms with Crippen LogP contribution in [-0.2, 0) is 37.5 Å². The number of aryl methyl sites for hydroxylation is 1. The van der Waals surface area contributed by atoms with Crippen molar-refractivity contribution < 1.29 is 38.8 Å². The second kappa shape index (κ2) is 13.7. The van der Waals surface area contributed by atoms with Crippen LogP contribution in [0.25, 0.3) is 0 Å². The summed E-state index contributed by atoms with van der Waals surface area (Å²) in [6, 6.07) is 10.5. The molecular formula is C29H43B4FN4O7. The molecule has 0 aromatic heterocycles. The van der Waals surface area contributed by atoms with Gasteiger partial charge in [-0.25, -0.2) is 4.39 Å². The minimum absolute atomic E-state index is 0.0147. The SMILES string of the molecule is BC(B)(c1cccc(CNc2cccc(C)c2CN(C=O)C(O)(C(=O)NC)C(B)(O)C(B)(O)C=O)c1F)N1CC(C)OC(C)C1. The van der Waals surface area contributed by atoms with Crippen LogP contribution in [0.15, 0.2) is 36.4 Å². The van der Waals surface area contributed by atoms with E-state index in [4.69, 9.17) is 4.74 Å². The zero-order valence-electron chi connectivity index (χ0n) is 27.3. The van der Waals surface area contributed by atoms with Crippen LogP contribution in [0.1, 0.15) is 36.1 Å². The van der Waals surface area contributed by atoms with Crippen molar-refractivity contribution in [2.24, 2.45) is 0 Å². The average Bonchev–Trinajstić information content (AvgIpc) is 2.98. The third kappa shape index (κ3) is 6.85. The Hall–Kier alpha value is -3.16. The summed E-state index contributed by atoms with van der Waals surface area (Å²) in [5.41, 5.74) is -6.03. The van der Waals surface area contributed by atoms with E-state index in [1.54, 1.807) is 43.3 Å². The van der Waals surface area contributed by atoms with Gasteiger partial charge < -0.3 is 45.3 Å². The van der Waals surface area contributed by atoms with Crippen LogP contribution >= 0.6 is 0 Å². The molecule has 0 aliphatic carbocycles. The molecular weight excluding hydrogens is 579 g/mol. The zero-order chi connectivity index (χ0) is 34.0. The Morgan fingerprint density at radius 2 is 1.69 bits per heavy atom. The molecule has 1 heterocycles. The van der Waals surface area contributed by atoms with Gasteiger partial charge in [-0.1, -0.05) is 30.3 Å². The lowest BCUT2D eigenvalue weighted by Gasteiger charge is -2.50. The van der Waals surface area contributed by atoms with Gasteiger partial charge in [-0.15, -0.1) is 0 Å². The second-order valence-electron chi connectivity index (χ2n) is 12.8. The lowest BCUT2D eigenvalue weighted by Crippen LogP contribution is -2.79. The fraction of sp³-hybridized carbons (Fsp3) is 0.483. The van der Waals surface area contributed by atoms with Crippen LogP contribution in [0.5, 0.6) is 0 Å². The smallest absolute Gasteiger partial charge is 0.275 e. The maximum absolute atomic E-state index is 16.1. The molecule has 45 heavy (non-hydrogen) atoms. The number of carbonyl (C=O) groups is 3. The Morgan fingerprint density at radius 3 is 2.24 bits per heavy atom. The van der Waals surface area contributed by atoms with Gasteiger partial charge in [-0.2, -0.15) is 0 Å². The molecule has 1 aliphatic heterocycles. The Labute approximate surface area is 267 Å². The normalized spacial score (nSPS) is 21.4. The first-order valence-electron chi connectivity index (χ1n) is 15.0. The molecule has 2 aromatic rings. The molecule has 5 atom stereocenters. The largest absolute Gasteiger partial charge is 0.391 e. The molecule has 1 saturated heterocycles. The number of nitrogens with one attached hydrogen (secondary N) is 2. The van der Waals surface area contributed by atoms with E-state index in [0.717, 1.165) is 15.7 Å². The minimum atomic E-state index is -3.08. The van der Waals surface area contributed by atoms with Gasteiger partial charge in [0.2, 0.25) is 12.1 Å². The Bertz CT molecular complexity index is 1410. The topological polar surface area (TPSA) is 152 Å². The molecule has 0 radical (unpaired) electrons. The number of likely N-dealkylation sites (N-methyl/N-ethyl adjacent to an activating group) is 1. The average molecular weight is 622 g/mol. The van der Waals surface area contributed by atoms with Crippen LogP contribution in [0, 0.1) is 12.7 Å². The molecule has 1 aliphatic rings. The van der Waals surface area contributed by atoms with Crippen molar-refractivity contribution in [2.45, 2.75) is 68.1 Å². The molecule has 5 N–H and O–H groups in total. The number of carbonyl (C=O) groups excluding carboxylic acids is 3. The molecule has 3 rings (SSSR count). The van der Waals surface area contributed by atoms with Crippen molar-refractivity contribution in [1.82, 2.24) is 15.1 Å². The summed E-state index contributed by atoms with van der Waals surface area (Å²) in [5.74, 6) is -1.58. The van der Waals surface area contributed by atoms with Gasteiger partial charge in [0.25, 0.3) is 5.91 Å². The maximum Gasteiger partial charge on any atom is 0.275 e. The highest BCUT2D eigenvalue weighted by molar-refractivity contribution is 6.39. The lowest BCUT2D eigenvalue weighted by molar-refractivity contribution is -0.225. The minimum Gasteiger partial charge on any atom is -0.391 e. The lowest BCUT2D eigenvalue weighted by atomic mass is 9.54. The van der Waals surface area contributed by atoms with Crippen molar-refractivity contribution in [3.8, 4) is 0 Å². The van der Waals surface area contributed by atoms with Gasteiger partial charge in [0, 0.05) is 37.9 Å². The van der Waals surface area contributed by atoms with E-state index in [0.29, 0.717) is 45.9 Å². The van der Waals surface area contributed by atoms with Crippen molar-refractivity contribution in [3.63, 3.8) is 0 Å². The first kappa shape index (κ1) is 36.3. The van der Waals surface area contributed by atoms with E-state index in [1.165, 1.54) is 7.05 Å². The Morgan fingerprint density at radius 1 is 1.09 bits per heavy atom. The van der Waals surface area contributed by atoms with Crippen LogP contribution in [0.3, 0.4) is 0 Å². The monoisotopic (exact) mass is 622 g/mol. The fourth-order valence-electron chi connectivity index (χ4n) is 5.93. The van der Waals surface area contributed by atoms with Crippen LogP contribution in [0.4, 0.5) is 10.1 Å². The molecule has 2 amide bonds. The van der Waals surface area contributed by atoms with Gasteiger partial charge in [0.1, 0.15) is 38.8 Å². The van der Waals surface area contributed by atoms with Crippen molar-refractivity contribution in [3.05, 3.63) is 64.5 Å². The molecule has 0 bridgehead atoms. The number of amides is 2. The summed E-state index contributed by atoms with van der Waals surface area (Å²) >= 11 is 0. The number of anilines is 1. The summed E-state index contributed by atoms with van der Waals surface area (Å²) in [6.07, 6.45) is 0.163. The zero-order valence-corrected chi connectivity index (χ0v) is 27.3. The number of aliphatic hydroxyl groups is 3. The number of halogens is 1. The van der Waals surface area contributed by atoms with Gasteiger partial charge in [0.15, 0.2) is 15.7 Å². The molecule has 240 valence electrons. The van der Waals surface area contributed by atoms with Crippen LogP contribution in [0.2, 0.25) is 0 Å². The number of hydrogen-bond acceptors (Lipinski definition) is 9. The number of nitrogens with zero attached hydrogens (tertiary/aromatic N) is 2. The van der Waals surface area contributed by atoms with E-state index >= 15 is 4.39 Å². The maximum atomic E-state index is 16.1. The number of aldehydes is 1. The number of rotatable bonds is 13. The van der Waals surface area contributed by atoms with Crippen molar-refractivity contribution in [1.29, 1.82) is 0 Å². The van der Waals surface area contributed by atoms with Crippen molar-refractivity contribution in [2.75, 3.05) is 25.5 Å². The van der Waals surface area contributed by atoms with E-state index in [2.05, 4.69) is 15.5 Å². The number of hydrogen-bond donors (Lipinski definition) is 5. The van der Waals surface area contributed by atoms with E-state index in [1.807, 2.05) is 29.5 Å². The summed E-state index contributed by atoms with van der Waals surface area (Å²) in [5, 5.41) is 38.2. The third-order valence-corrected chi connectivity index (χ3v) is 9.14. The summed E-state index contributed by atoms with van der Waals surface area (Å²) in [7, 11) is 6.96. The van der Waals surface area contributed by atoms with E-state index in [9.17, 15) is 29.7 Å². The summed E-state index contributed by atoms with van der Waals surface area (Å²) in [4.78, 5) is 39.9. The Balaban J connectivity index is 1.96. The van der Waals surface area contributed by atoms with Gasteiger partial charge in [-0.3, -0.25) is 9.59 Å². The molecule has 0 saturated carbocycles. The summed E-state index contributed by atoms with van der Waals surface area (Å²) < 4.78 is 22.0. The highest BCUT2D eigenvalue weighted by atomic mass is 19.1. The predicted molar refractivity (Wildman–Crippen MR) is 179 cm³/mol. The first-order valence-corrected chi connectivity index (χ1v) is 15.0. The molecule has 0 spiro atoms. The standard InChI is InChI=1S/C29H43B4FN4O7/c1-17-7-5-10-23(21(17)14-38(16-40)27(43,25(41)35-4)29(33,44)26(30,42)15-39)36-11-20-8-6-9-22(24(20)34)28(31,32)37-12-18(2)45-19(3)13-37/h5-10,15-16,18-19,36,42-44H,11-14,30-33H2,1-4H3,(H,35,41). The van der Waals surface area contributed by atoms with Gasteiger partial charge in [-0.05, 0) is 48.9 Å². The second-order valence-corrected chi connectivity index (χ2v) is 12.8. The summed E-state index contributed by atoms with van der Waals surface area (Å²) in [6.45, 7) is 6.73. The highest BCUT2D eigenvalue weighted by Crippen LogP contribution is 2.34. The highest BCUT2D eigenvalue weighted by Gasteiger charge is 2.63. The van der Waals surface area contributed by atoms with Gasteiger partial charge in [0.05, 0.1) is 18.8 Å². The first-order chi connectivity index (χ1) is 20.9. The molecule has 16 heteroatoms. The van der Waals surface area contributed by atoms with Crippen LogP contribution < -0.4 is 10.6 Å². The van der Waals surface area contributed by atoms with Crippen LogP contribution in [-0.4, -0.2) is 124 Å². The van der Waals surface area contributed by atoms with Crippen molar-refractivity contribution >= 4 is 55.7 Å². The molecule has 2 aromatic carbocycles. The Kier molecular flexibility index (Phi) is 11.0. The molecule has 5 unspecified atom stereocenters. The molecule has 1 fully saturated rings. The predicted octanol–water partition coefficient (Wildman–Crippen LogP) is -3.53. The van der Waals surface area contributed by atoms with E-state index < -0.39 is 34.5 Å². The number of benzene rings is 2. The quantitative estimate of drug-likeness (QED) is 0.0871. The number of ether oxygens (including phenoxy) is 1. The van der Waals surface area contributed by atoms with E-state index in [-0.39, 0.29) is 37.3 Å². The number of morpholine rings is 1. The third-order valence-electron chi connectivity index (χ3n) is 9.14.